The second kappa shape index (κ2) is 8.42. The molecule has 0 rings (SSSR count). The average molecular weight is 253 g/mol. The molecule has 1 unspecified atom stereocenters. The van der Waals surface area contributed by atoms with Crippen LogP contribution in [0.5, 0.6) is 0 Å². The Labute approximate surface area is 98.3 Å². The Morgan fingerprint density at radius 1 is 1.33 bits per heavy atom. The lowest BCUT2D eigenvalue weighted by atomic mass is 10.3. The predicted molar refractivity (Wildman–Crippen MR) is 69.4 cm³/mol. The zero-order valence-electron chi connectivity index (χ0n) is 9.95. The van der Waals surface area contributed by atoms with Crippen LogP contribution in [0.25, 0.3) is 0 Å². The monoisotopic (exact) mass is 253 g/mol. The third-order valence-electron chi connectivity index (χ3n) is 2.18. The molecule has 0 aliphatic heterocycles. The van der Waals surface area contributed by atoms with E-state index in [1.165, 1.54) is 0 Å². The molecule has 0 aliphatic carbocycles. The highest BCUT2D eigenvalue weighted by Crippen LogP contribution is 2.00. The highest BCUT2D eigenvalue weighted by Gasteiger charge is 2.09. The van der Waals surface area contributed by atoms with Crippen molar-refractivity contribution in [1.29, 1.82) is 0 Å². The van der Waals surface area contributed by atoms with E-state index in [4.69, 9.17) is 0 Å². The first-order valence-electron chi connectivity index (χ1n) is 5.44. The first-order chi connectivity index (χ1) is 7.02. The summed E-state index contributed by atoms with van der Waals surface area (Å²) in [5.74, 6) is 1.70. The van der Waals surface area contributed by atoms with E-state index in [1.807, 2.05) is 18.7 Å². The van der Waals surface area contributed by atoms with Crippen molar-refractivity contribution in [2.24, 2.45) is 0 Å². The van der Waals surface area contributed by atoms with Gasteiger partial charge in [-0.25, -0.2) is 8.42 Å². The Bertz CT molecular complexity index is 240. The Kier molecular flexibility index (Phi) is 8.56. The molecule has 5 heteroatoms. The van der Waals surface area contributed by atoms with Crippen molar-refractivity contribution in [1.82, 2.24) is 5.32 Å². The highest BCUT2D eigenvalue weighted by molar-refractivity contribution is 7.98. The van der Waals surface area contributed by atoms with E-state index < -0.39 is 9.84 Å². The van der Waals surface area contributed by atoms with Crippen molar-refractivity contribution < 1.29 is 8.42 Å². The van der Waals surface area contributed by atoms with Gasteiger partial charge in [0.2, 0.25) is 0 Å². The molecular weight excluding hydrogens is 230 g/mol. The minimum atomic E-state index is -2.82. The van der Waals surface area contributed by atoms with Gasteiger partial charge in [-0.05, 0) is 31.8 Å². The van der Waals surface area contributed by atoms with Gasteiger partial charge in [0.05, 0.1) is 5.75 Å². The van der Waals surface area contributed by atoms with Crippen LogP contribution in [0.2, 0.25) is 0 Å². The Balaban J connectivity index is 3.60. The summed E-state index contributed by atoms with van der Waals surface area (Å²) in [6, 6.07) is 0.411. The largest absolute Gasteiger partial charge is 0.313 e. The first-order valence-corrected chi connectivity index (χ1v) is 8.66. The number of nitrogens with one attached hydrogen (secondary N) is 1. The van der Waals surface area contributed by atoms with Gasteiger partial charge >= 0.3 is 0 Å². The third-order valence-corrected chi connectivity index (χ3v) is 4.68. The summed E-state index contributed by atoms with van der Waals surface area (Å²) in [5.41, 5.74) is 0. The lowest BCUT2D eigenvalue weighted by Gasteiger charge is -2.12. The van der Waals surface area contributed by atoms with E-state index >= 15 is 0 Å². The zero-order valence-corrected chi connectivity index (χ0v) is 11.6. The van der Waals surface area contributed by atoms with Gasteiger partial charge < -0.3 is 5.32 Å². The van der Waals surface area contributed by atoms with E-state index in [0.29, 0.717) is 24.8 Å². The molecule has 0 aromatic rings. The molecule has 0 aliphatic rings. The molecule has 0 aromatic carbocycles. The molecule has 0 saturated heterocycles. The number of sulfone groups is 1. The van der Waals surface area contributed by atoms with Crippen molar-refractivity contribution >= 4 is 21.6 Å². The molecule has 0 amide bonds. The van der Waals surface area contributed by atoms with E-state index in [1.54, 1.807) is 0 Å². The molecule has 0 fully saturated rings. The summed E-state index contributed by atoms with van der Waals surface area (Å²) in [7, 11) is -2.82. The Hall–Kier alpha value is 0.260. The van der Waals surface area contributed by atoms with Crippen LogP contribution in [0.3, 0.4) is 0 Å². The van der Waals surface area contributed by atoms with Crippen LogP contribution in [0.15, 0.2) is 0 Å². The smallest absolute Gasteiger partial charge is 0.151 e. The molecule has 0 radical (unpaired) electrons. The maximum atomic E-state index is 11.4. The predicted octanol–water partition coefficient (Wildman–Crippen LogP) is 1.54. The molecule has 1 N–H and O–H groups in total. The molecule has 0 aromatic heterocycles. The topological polar surface area (TPSA) is 46.2 Å². The molecule has 92 valence electrons. The lowest BCUT2D eigenvalue weighted by Crippen LogP contribution is -2.31. The van der Waals surface area contributed by atoms with Crippen LogP contribution in [0.1, 0.15) is 26.7 Å². The maximum absolute atomic E-state index is 11.4. The number of hydrogen-bond acceptors (Lipinski definition) is 4. The zero-order chi connectivity index (χ0) is 11.7. The fourth-order valence-electron chi connectivity index (χ4n) is 1.27. The molecule has 1 atom stereocenters. The van der Waals surface area contributed by atoms with Gasteiger partial charge in [-0.15, -0.1) is 0 Å². The summed E-state index contributed by atoms with van der Waals surface area (Å²) >= 11 is 1.82. The molecule has 3 nitrogen and oxygen atoms in total. The van der Waals surface area contributed by atoms with E-state index in [2.05, 4.69) is 18.5 Å². The fourth-order valence-corrected chi connectivity index (χ4v) is 3.11. The third kappa shape index (κ3) is 9.20. The van der Waals surface area contributed by atoms with Crippen LogP contribution in [-0.4, -0.2) is 44.5 Å². The minimum absolute atomic E-state index is 0.268. The summed E-state index contributed by atoms with van der Waals surface area (Å²) in [6.45, 7) is 4.58. The van der Waals surface area contributed by atoms with Crippen LogP contribution in [0.4, 0.5) is 0 Å². The molecule has 15 heavy (non-hydrogen) atoms. The molecule has 0 spiro atoms. The SMILES string of the molecule is CCCS(=O)(=O)CCNC(C)CCSC. The number of rotatable bonds is 9. The van der Waals surface area contributed by atoms with Gasteiger partial charge in [-0.1, -0.05) is 6.92 Å². The van der Waals surface area contributed by atoms with Gasteiger partial charge in [-0.3, -0.25) is 0 Å². The van der Waals surface area contributed by atoms with Gasteiger partial charge in [0, 0.05) is 18.3 Å². The van der Waals surface area contributed by atoms with Gasteiger partial charge in [-0.2, -0.15) is 11.8 Å². The summed E-state index contributed by atoms with van der Waals surface area (Å²) in [6.07, 6.45) is 3.89. The normalized spacial score (nSPS) is 14.1. The van der Waals surface area contributed by atoms with Crippen molar-refractivity contribution in [2.75, 3.05) is 30.1 Å². The van der Waals surface area contributed by atoms with Gasteiger partial charge in [0.1, 0.15) is 0 Å². The van der Waals surface area contributed by atoms with Crippen molar-refractivity contribution in [2.45, 2.75) is 32.7 Å². The standard InChI is InChI=1S/C10H23NO2S2/c1-4-8-15(12,13)9-6-11-10(2)5-7-14-3/h10-11H,4-9H2,1-3H3. The van der Waals surface area contributed by atoms with E-state index in [0.717, 1.165) is 12.2 Å². The molecular formula is C10H23NO2S2. The van der Waals surface area contributed by atoms with Crippen LogP contribution >= 0.6 is 11.8 Å². The summed E-state index contributed by atoms with van der Waals surface area (Å²) in [4.78, 5) is 0. The lowest BCUT2D eigenvalue weighted by molar-refractivity contribution is 0.547. The summed E-state index contributed by atoms with van der Waals surface area (Å²) < 4.78 is 22.8. The fraction of sp³-hybridized carbons (Fsp3) is 1.00. The summed E-state index contributed by atoms with van der Waals surface area (Å²) in [5, 5.41) is 3.24. The second-order valence-corrected chi connectivity index (χ2v) is 7.08. The van der Waals surface area contributed by atoms with Crippen molar-refractivity contribution in [3.05, 3.63) is 0 Å². The second-order valence-electron chi connectivity index (χ2n) is 3.79. The average Bonchev–Trinajstić information content (AvgIpc) is 2.14. The van der Waals surface area contributed by atoms with E-state index in [9.17, 15) is 8.42 Å². The molecule has 0 heterocycles. The van der Waals surface area contributed by atoms with Crippen LogP contribution in [-0.2, 0) is 9.84 Å². The molecule has 0 saturated carbocycles. The Morgan fingerprint density at radius 2 is 2.00 bits per heavy atom. The number of thioether (sulfide) groups is 1. The van der Waals surface area contributed by atoms with Crippen LogP contribution < -0.4 is 5.32 Å². The first kappa shape index (κ1) is 15.3. The maximum Gasteiger partial charge on any atom is 0.151 e. The van der Waals surface area contributed by atoms with E-state index in [-0.39, 0.29) is 5.75 Å². The molecule has 0 bridgehead atoms. The Morgan fingerprint density at radius 3 is 2.53 bits per heavy atom. The van der Waals surface area contributed by atoms with Crippen LogP contribution in [0, 0.1) is 0 Å². The van der Waals surface area contributed by atoms with Gasteiger partial charge in [0.15, 0.2) is 9.84 Å². The van der Waals surface area contributed by atoms with Gasteiger partial charge in [0.25, 0.3) is 0 Å². The quantitative estimate of drug-likeness (QED) is 0.677. The van der Waals surface area contributed by atoms with Crippen molar-refractivity contribution in [3.63, 3.8) is 0 Å². The highest BCUT2D eigenvalue weighted by atomic mass is 32.2. The number of hydrogen-bond donors (Lipinski definition) is 1. The minimum Gasteiger partial charge on any atom is -0.313 e. The van der Waals surface area contributed by atoms with Crippen molar-refractivity contribution in [3.8, 4) is 0 Å².